The van der Waals surface area contributed by atoms with Crippen molar-refractivity contribution in [2.45, 2.75) is 84.0 Å². The average molecular weight is 725 g/mol. The van der Waals surface area contributed by atoms with Crippen LogP contribution in [0.25, 0.3) is 10.9 Å². The lowest BCUT2D eigenvalue weighted by atomic mass is 9.78. The van der Waals surface area contributed by atoms with Gasteiger partial charge in [0.1, 0.15) is 24.2 Å². The second-order valence-corrected chi connectivity index (χ2v) is 13.8. The normalized spacial score (nSPS) is 18.2. The van der Waals surface area contributed by atoms with Crippen LogP contribution in [0.3, 0.4) is 0 Å². The molecule has 3 amide bonds. The molecule has 5 rings (SSSR count). The Kier molecular flexibility index (Phi) is 11.8. The number of alkyl carbamates (subject to hydrolysis) is 1. The summed E-state index contributed by atoms with van der Waals surface area (Å²) in [6.07, 6.45) is 2.82. The van der Waals surface area contributed by atoms with Gasteiger partial charge < -0.3 is 30.2 Å². The van der Waals surface area contributed by atoms with E-state index in [4.69, 9.17) is 32.5 Å². The largest absolute Gasteiger partial charge is 0.445 e. The van der Waals surface area contributed by atoms with Gasteiger partial charge >= 0.3 is 6.09 Å². The number of ether oxygens (including phenoxy) is 1. The molecule has 4 aromatic rings. The summed E-state index contributed by atoms with van der Waals surface area (Å²) in [5.41, 5.74) is 1.81. The maximum absolute atomic E-state index is 14.7. The van der Waals surface area contributed by atoms with Gasteiger partial charge in [-0.25, -0.2) is 4.79 Å². The lowest BCUT2D eigenvalue weighted by Gasteiger charge is -2.39. The minimum absolute atomic E-state index is 0.0425. The molecular formula is C36H43Cl2N7O5. The predicted octanol–water partition coefficient (Wildman–Crippen LogP) is 6.49. The number of aliphatic imine (C=N–C) groups is 1. The summed E-state index contributed by atoms with van der Waals surface area (Å²) in [6, 6.07) is 11.1. The molecule has 266 valence electrons. The number of aromatic amines is 1. The third-order valence-electron chi connectivity index (χ3n) is 9.55. The number of hydrogen-bond acceptors (Lipinski definition) is 8. The van der Waals surface area contributed by atoms with E-state index in [1.807, 2.05) is 58.0 Å². The number of carbonyl (C=O) groups excluding carboxylic acids is 3. The summed E-state index contributed by atoms with van der Waals surface area (Å²) in [5, 5.41) is 14.7. The molecule has 4 N–H and O–H groups in total. The van der Waals surface area contributed by atoms with Crippen molar-refractivity contribution in [3.05, 3.63) is 81.0 Å². The van der Waals surface area contributed by atoms with Crippen molar-refractivity contribution in [1.29, 1.82) is 0 Å². The third-order valence-corrected chi connectivity index (χ3v) is 10.1. The van der Waals surface area contributed by atoms with Gasteiger partial charge in [0, 0.05) is 29.6 Å². The molecule has 0 bridgehead atoms. The molecule has 0 spiro atoms. The van der Waals surface area contributed by atoms with Crippen LogP contribution in [0.1, 0.15) is 81.5 Å². The van der Waals surface area contributed by atoms with Crippen LogP contribution in [-0.4, -0.2) is 57.9 Å². The van der Waals surface area contributed by atoms with E-state index in [2.05, 4.69) is 36.1 Å². The van der Waals surface area contributed by atoms with Crippen LogP contribution in [-0.2, 0) is 33.8 Å². The monoisotopic (exact) mass is 723 g/mol. The first kappa shape index (κ1) is 36.9. The third kappa shape index (κ3) is 8.13. The molecule has 2 aromatic heterocycles. The van der Waals surface area contributed by atoms with Gasteiger partial charge in [0.2, 0.25) is 23.5 Å². The van der Waals surface area contributed by atoms with Crippen molar-refractivity contribution in [2.24, 2.45) is 16.8 Å². The zero-order valence-corrected chi connectivity index (χ0v) is 30.3. The van der Waals surface area contributed by atoms with E-state index < -0.39 is 35.5 Å². The maximum Gasteiger partial charge on any atom is 0.408 e. The minimum atomic E-state index is -1.44. The Morgan fingerprint density at radius 1 is 1.10 bits per heavy atom. The number of aromatic nitrogens is 3. The van der Waals surface area contributed by atoms with E-state index in [0.29, 0.717) is 34.8 Å². The first-order chi connectivity index (χ1) is 24.0. The van der Waals surface area contributed by atoms with Crippen molar-refractivity contribution in [3.63, 3.8) is 0 Å². The maximum atomic E-state index is 14.7. The molecule has 50 heavy (non-hydrogen) atoms. The van der Waals surface area contributed by atoms with Gasteiger partial charge in [0.15, 0.2) is 0 Å². The topological polar surface area (TPSA) is 164 Å². The van der Waals surface area contributed by atoms with Crippen LogP contribution in [0.15, 0.2) is 52.0 Å². The fourth-order valence-electron chi connectivity index (χ4n) is 6.24. The molecule has 1 aliphatic rings. The summed E-state index contributed by atoms with van der Waals surface area (Å²) in [6.45, 7) is 7.80. The smallest absolute Gasteiger partial charge is 0.408 e. The molecule has 0 radical (unpaired) electrons. The molecule has 14 heteroatoms. The molecule has 0 aliphatic heterocycles. The molecule has 2 aromatic carbocycles. The van der Waals surface area contributed by atoms with Crippen LogP contribution in [0.5, 0.6) is 0 Å². The van der Waals surface area contributed by atoms with E-state index in [1.165, 1.54) is 6.21 Å². The number of fused-ring (bicyclic) bond motifs is 3. The molecular weight excluding hydrogens is 681 g/mol. The second-order valence-electron chi connectivity index (χ2n) is 12.9. The number of halogens is 2. The van der Waals surface area contributed by atoms with Crippen LogP contribution in [0.4, 0.5) is 4.79 Å². The van der Waals surface area contributed by atoms with Crippen molar-refractivity contribution >= 4 is 58.2 Å². The molecule has 12 nitrogen and oxygen atoms in total. The molecule has 0 saturated carbocycles. The first-order valence-electron chi connectivity index (χ1n) is 16.8. The van der Waals surface area contributed by atoms with E-state index in [0.717, 1.165) is 22.2 Å². The fourth-order valence-corrected chi connectivity index (χ4v) is 6.78. The number of benzene rings is 2. The van der Waals surface area contributed by atoms with Crippen LogP contribution >= 0.6 is 23.2 Å². The first-order valence-corrected chi connectivity index (χ1v) is 17.6. The van der Waals surface area contributed by atoms with E-state index in [9.17, 15) is 14.4 Å². The predicted molar refractivity (Wildman–Crippen MR) is 192 cm³/mol. The Bertz CT molecular complexity index is 1860. The SMILES string of the molecule is CCC(C)[C@H](NC(=O)OCc1ccccc1)C(=O)N[C@]1(C(=O)N[C@H](c2nc(C=NC)no2)C(C)CC)CCc2[nH]c3c(Cl)cc(Cl)cc3c2C1. The Labute approximate surface area is 301 Å². The van der Waals surface area contributed by atoms with E-state index in [-0.39, 0.29) is 43.0 Å². The number of hydrogen-bond donors (Lipinski definition) is 4. The molecule has 0 fully saturated rings. The van der Waals surface area contributed by atoms with Crippen molar-refractivity contribution in [2.75, 3.05) is 7.05 Å². The molecule has 5 atom stereocenters. The Hall–Kier alpha value is -4.42. The standard InChI is InChI=1S/C36H43Cl2N7O5/c1-6-20(3)29(43-35(48)49-19-22-11-9-8-10-12-22)32(46)44-36(14-13-27-25(17-36)24-15-23(37)16-26(38)31(24)40-27)34(47)42-30(21(4)7-2)33-41-28(18-39-5)45-50-33/h8-12,15-16,18,20-21,29-30,40H,6-7,13-14,17,19H2,1-5H3,(H,42,47)(H,43,48)(H,44,46)/t20?,21?,29-,30-,36+/m0/s1. The summed E-state index contributed by atoms with van der Waals surface area (Å²) < 4.78 is 11.0. The van der Waals surface area contributed by atoms with Gasteiger partial charge in [-0.1, -0.05) is 99.2 Å². The number of rotatable bonds is 13. The highest BCUT2D eigenvalue weighted by molar-refractivity contribution is 6.38. The van der Waals surface area contributed by atoms with Crippen LogP contribution in [0, 0.1) is 11.8 Å². The Balaban J connectivity index is 1.48. The number of H-pyrrole nitrogens is 1. The van der Waals surface area contributed by atoms with Crippen molar-refractivity contribution < 1.29 is 23.6 Å². The van der Waals surface area contributed by atoms with Gasteiger partial charge in [-0.05, 0) is 47.9 Å². The molecule has 2 unspecified atom stereocenters. The van der Waals surface area contributed by atoms with E-state index in [1.54, 1.807) is 19.2 Å². The lowest BCUT2D eigenvalue weighted by Crippen LogP contribution is -2.65. The number of aryl methyl sites for hydroxylation is 1. The molecule has 1 aliphatic carbocycles. The second kappa shape index (κ2) is 16.1. The van der Waals surface area contributed by atoms with E-state index >= 15 is 0 Å². The minimum Gasteiger partial charge on any atom is -0.445 e. The highest BCUT2D eigenvalue weighted by Crippen LogP contribution is 2.39. The van der Waals surface area contributed by atoms with Crippen LogP contribution < -0.4 is 16.0 Å². The summed E-state index contributed by atoms with van der Waals surface area (Å²) in [7, 11) is 1.60. The van der Waals surface area contributed by atoms with Crippen LogP contribution in [0.2, 0.25) is 10.0 Å². The number of nitrogens with zero attached hydrogens (tertiary/aromatic N) is 3. The number of nitrogens with one attached hydrogen (secondary N) is 4. The number of amides is 3. The summed E-state index contributed by atoms with van der Waals surface area (Å²) >= 11 is 13.0. The van der Waals surface area contributed by atoms with Crippen molar-refractivity contribution in [1.82, 2.24) is 31.1 Å². The summed E-state index contributed by atoms with van der Waals surface area (Å²) in [4.78, 5) is 53.8. The van der Waals surface area contributed by atoms with Gasteiger partial charge in [-0.3, -0.25) is 14.6 Å². The fraction of sp³-hybridized carbons (Fsp3) is 0.444. The Morgan fingerprint density at radius 2 is 1.84 bits per heavy atom. The quantitative estimate of drug-likeness (QED) is 0.115. The van der Waals surface area contributed by atoms with Gasteiger partial charge in [-0.15, -0.1) is 0 Å². The molecule has 0 saturated heterocycles. The average Bonchev–Trinajstić information content (AvgIpc) is 3.73. The zero-order chi connectivity index (χ0) is 36.0. The lowest BCUT2D eigenvalue weighted by molar-refractivity contribution is -0.136. The Morgan fingerprint density at radius 3 is 2.54 bits per heavy atom. The van der Waals surface area contributed by atoms with Crippen molar-refractivity contribution in [3.8, 4) is 0 Å². The summed E-state index contributed by atoms with van der Waals surface area (Å²) in [5.74, 6) is -0.810. The molecule has 2 heterocycles. The highest BCUT2D eigenvalue weighted by Gasteiger charge is 2.47. The number of carbonyl (C=O) groups is 3. The highest BCUT2D eigenvalue weighted by atomic mass is 35.5. The van der Waals surface area contributed by atoms with Gasteiger partial charge in [-0.2, -0.15) is 4.98 Å². The van der Waals surface area contributed by atoms with Gasteiger partial charge in [0.25, 0.3) is 0 Å². The zero-order valence-electron chi connectivity index (χ0n) is 28.8. The van der Waals surface area contributed by atoms with Gasteiger partial charge in [0.05, 0.1) is 16.8 Å².